The monoisotopic (exact) mass is 271 g/mol. The number of fused-ring (bicyclic) bond motifs is 1. The van der Waals surface area contributed by atoms with Crippen LogP contribution in [0.5, 0.6) is 5.75 Å². The Morgan fingerprint density at radius 3 is 2.85 bits per heavy atom. The van der Waals surface area contributed by atoms with Gasteiger partial charge in [0.25, 0.3) is 0 Å². The number of nitrogens with zero attached hydrogens (tertiary/aromatic N) is 3. The van der Waals surface area contributed by atoms with Gasteiger partial charge in [0.05, 0.1) is 11.7 Å². The van der Waals surface area contributed by atoms with E-state index in [1.807, 2.05) is 0 Å². The number of aromatic amines is 1. The number of amides is 1. The van der Waals surface area contributed by atoms with Crippen molar-refractivity contribution in [2.24, 2.45) is 5.73 Å². The van der Waals surface area contributed by atoms with Crippen molar-refractivity contribution in [2.45, 2.75) is 0 Å². The molecule has 0 unspecified atom stereocenters. The van der Waals surface area contributed by atoms with Gasteiger partial charge >= 0.3 is 12.0 Å². The molecule has 20 heavy (non-hydrogen) atoms. The second-order valence-corrected chi connectivity index (χ2v) is 3.98. The highest BCUT2D eigenvalue weighted by Gasteiger charge is 2.12. The van der Waals surface area contributed by atoms with Gasteiger partial charge in [0.2, 0.25) is 0 Å². The van der Waals surface area contributed by atoms with E-state index in [0.717, 1.165) is 4.68 Å². The molecule has 100 valence electrons. The fourth-order valence-corrected chi connectivity index (χ4v) is 1.77. The number of hydrogen-bond acceptors (Lipinski definition) is 5. The second-order valence-electron chi connectivity index (χ2n) is 3.98. The zero-order chi connectivity index (χ0) is 14.1. The third-order valence-corrected chi connectivity index (χ3v) is 2.68. The van der Waals surface area contributed by atoms with Crippen LogP contribution in [-0.4, -0.2) is 32.0 Å². The van der Waals surface area contributed by atoms with Gasteiger partial charge in [0.1, 0.15) is 11.4 Å². The maximum Gasteiger partial charge on any atom is 0.361 e. The summed E-state index contributed by atoms with van der Waals surface area (Å²) in [6, 6.07) is 5.58. The molecule has 2 aromatic heterocycles. The molecule has 0 saturated carbocycles. The SMILES string of the molecule is NC(=O)n1ncc2ccc(OC(=O)c3ccn[nH]3)cc21. The van der Waals surface area contributed by atoms with Crippen molar-refractivity contribution >= 4 is 22.9 Å². The normalized spacial score (nSPS) is 10.6. The number of hydrogen-bond donors (Lipinski definition) is 2. The average Bonchev–Trinajstić information content (AvgIpc) is 3.07. The van der Waals surface area contributed by atoms with Gasteiger partial charge in [0, 0.05) is 17.6 Å². The third kappa shape index (κ3) is 1.99. The molecule has 0 atom stereocenters. The molecule has 8 heteroatoms. The largest absolute Gasteiger partial charge is 0.422 e. The minimum absolute atomic E-state index is 0.230. The Kier molecular flexibility index (Phi) is 2.68. The lowest BCUT2D eigenvalue weighted by Gasteiger charge is -2.03. The quantitative estimate of drug-likeness (QED) is 0.530. The van der Waals surface area contributed by atoms with Crippen molar-refractivity contribution in [2.75, 3.05) is 0 Å². The van der Waals surface area contributed by atoms with Gasteiger partial charge in [-0.3, -0.25) is 5.10 Å². The summed E-state index contributed by atoms with van der Waals surface area (Å²) in [7, 11) is 0. The predicted octanol–water partition coefficient (Wildman–Crippen LogP) is 0.905. The van der Waals surface area contributed by atoms with E-state index in [9.17, 15) is 9.59 Å². The molecule has 8 nitrogen and oxygen atoms in total. The molecule has 3 rings (SSSR count). The number of benzene rings is 1. The maximum atomic E-state index is 11.8. The predicted molar refractivity (Wildman–Crippen MR) is 68.3 cm³/mol. The summed E-state index contributed by atoms with van der Waals surface area (Å²) in [5, 5.41) is 10.7. The van der Waals surface area contributed by atoms with E-state index in [4.69, 9.17) is 10.5 Å². The molecule has 0 bridgehead atoms. The number of primary amides is 1. The highest BCUT2D eigenvalue weighted by atomic mass is 16.5. The van der Waals surface area contributed by atoms with Crippen LogP contribution in [0.4, 0.5) is 4.79 Å². The molecule has 3 N–H and O–H groups in total. The number of nitrogens with two attached hydrogens (primary N) is 1. The van der Waals surface area contributed by atoms with Crippen LogP contribution in [0.1, 0.15) is 10.5 Å². The van der Waals surface area contributed by atoms with Crippen LogP contribution in [0, 0.1) is 0 Å². The Labute approximate surface area is 112 Å². The molecular weight excluding hydrogens is 262 g/mol. The second kappa shape index (κ2) is 4.50. The lowest BCUT2D eigenvalue weighted by Crippen LogP contribution is -2.20. The zero-order valence-electron chi connectivity index (χ0n) is 10.1. The Morgan fingerprint density at radius 1 is 1.30 bits per heavy atom. The van der Waals surface area contributed by atoms with Crippen LogP contribution in [0.25, 0.3) is 10.9 Å². The van der Waals surface area contributed by atoms with Crippen LogP contribution in [0.15, 0.2) is 36.7 Å². The average molecular weight is 271 g/mol. The molecule has 0 radical (unpaired) electrons. The van der Waals surface area contributed by atoms with E-state index in [2.05, 4.69) is 15.3 Å². The first-order valence-corrected chi connectivity index (χ1v) is 5.64. The van der Waals surface area contributed by atoms with Crippen LogP contribution in [0.3, 0.4) is 0 Å². The molecule has 0 fully saturated rings. The number of esters is 1. The standard InChI is InChI=1S/C12H9N5O3/c13-12(19)17-10-5-8(2-1-7(10)6-15-17)20-11(18)9-3-4-14-16-9/h1-6H,(H2,13,19)(H,14,16). The Balaban J connectivity index is 1.94. The van der Waals surface area contributed by atoms with Crippen molar-refractivity contribution in [1.82, 2.24) is 20.0 Å². The summed E-state index contributed by atoms with van der Waals surface area (Å²) < 4.78 is 6.20. The van der Waals surface area contributed by atoms with E-state index in [1.165, 1.54) is 24.5 Å². The molecule has 0 aliphatic carbocycles. The van der Waals surface area contributed by atoms with Crippen molar-refractivity contribution < 1.29 is 14.3 Å². The lowest BCUT2D eigenvalue weighted by molar-refractivity contribution is 0.0729. The number of carbonyl (C=O) groups is 2. The Hall–Kier alpha value is -3.16. The smallest absolute Gasteiger partial charge is 0.361 e. The van der Waals surface area contributed by atoms with Gasteiger partial charge < -0.3 is 10.5 Å². The molecule has 3 aromatic rings. The summed E-state index contributed by atoms with van der Waals surface area (Å²) in [6.07, 6.45) is 2.95. The summed E-state index contributed by atoms with van der Waals surface area (Å²) in [6.45, 7) is 0. The number of carbonyl (C=O) groups excluding carboxylic acids is 2. The number of ether oxygens (including phenoxy) is 1. The number of rotatable bonds is 2. The summed E-state index contributed by atoms with van der Waals surface area (Å²) in [4.78, 5) is 23.0. The van der Waals surface area contributed by atoms with Gasteiger partial charge in [-0.2, -0.15) is 14.9 Å². The molecule has 0 spiro atoms. The molecule has 1 aromatic carbocycles. The van der Waals surface area contributed by atoms with Gasteiger partial charge in [-0.15, -0.1) is 0 Å². The number of H-pyrrole nitrogens is 1. The topological polar surface area (TPSA) is 116 Å². The summed E-state index contributed by atoms with van der Waals surface area (Å²) in [5.41, 5.74) is 5.89. The maximum absolute atomic E-state index is 11.8. The first kappa shape index (κ1) is 11.9. The zero-order valence-corrected chi connectivity index (χ0v) is 10.1. The molecular formula is C12H9N5O3. The van der Waals surface area contributed by atoms with E-state index < -0.39 is 12.0 Å². The molecule has 1 amide bonds. The van der Waals surface area contributed by atoms with Crippen LogP contribution < -0.4 is 10.5 Å². The van der Waals surface area contributed by atoms with Gasteiger partial charge in [-0.1, -0.05) is 0 Å². The van der Waals surface area contributed by atoms with Crippen molar-refractivity contribution in [1.29, 1.82) is 0 Å². The third-order valence-electron chi connectivity index (χ3n) is 2.68. The first-order valence-electron chi connectivity index (χ1n) is 5.64. The van der Waals surface area contributed by atoms with E-state index >= 15 is 0 Å². The molecule has 0 aliphatic rings. The van der Waals surface area contributed by atoms with E-state index in [1.54, 1.807) is 12.1 Å². The summed E-state index contributed by atoms with van der Waals surface area (Å²) >= 11 is 0. The van der Waals surface area contributed by atoms with Crippen LogP contribution in [0.2, 0.25) is 0 Å². The number of nitrogens with one attached hydrogen (secondary N) is 1. The summed E-state index contributed by atoms with van der Waals surface area (Å²) in [5.74, 6) is -0.299. The highest BCUT2D eigenvalue weighted by Crippen LogP contribution is 2.21. The first-order chi connectivity index (χ1) is 9.65. The van der Waals surface area contributed by atoms with Gasteiger partial charge in [-0.25, -0.2) is 9.59 Å². The molecule has 2 heterocycles. The molecule has 0 saturated heterocycles. The van der Waals surface area contributed by atoms with Crippen LogP contribution >= 0.6 is 0 Å². The minimum Gasteiger partial charge on any atom is -0.422 e. The van der Waals surface area contributed by atoms with E-state index in [0.29, 0.717) is 10.9 Å². The highest BCUT2D eigenvalue weighted by molar-refractivity contribution is 5.92. The Bertz CT molecular complexity index is 791. The van der Waals surface area contributed by atoms with E-state index in [-0.39, 0.29) is 11.4 Å². The van der Waals surface area contributed by atoms with Crippen LogP contribution in [-0.2, 0) is 0 Å². The van der Waals surface area contributed by atoms with Crippen molar-refractivity contribution in [3.05, 3.63) is 42.4 Å². The molecule has 0 aliphatic heterocycles. The lowest BCUT2D eigenvalue weighted by atomic mass is 10.2. The minimum atomic E-state index is -0.711. The Morgan fingerprint density at radius 2 is 2.15 bits per heavy atom. The number of aromatic nitrogens is 4. The fraction of sp³-hybridized carbons (Fsp3) is 0. The van der Waals surface area contributed by atoms with Crippen molar-refractivity contribution in [3.63, 3.8) is 0 Å². The van der Waals surface area contributed by atoms with Gasteiger partial charge in [-0.05, 0) is 18.2 Å². The van der Waals surface area contributed by atoms with Crippen molar-refractivity contribution in [3.8, 4) is 5.75 Å². The fourth-order valence-electron chi connectivity index (χ4n) is 1.77. The van der Waals surface area contributed by atoms with Gasteiger partial charge in [0.15, 0.2) is 0 Å².